The molecular formula is C25H28N4O6. The molecule has 0 aliphatic carbocycles. The number of hydrogen-bond donors (Lipinski definition) is 3. The lowest BCUT2D eigenvalue weighted by Gasteiger charge is -2.35. The number of nitrogens with two attached hydrogens (primary N) is 1. The standard InChI is InChI=1S/C25H28N4O6/c26-20-21(23(31)27-24(32)22(20)30)29-13-18-17(25(29)33)2-1-3-19(18)35-14-16-6-4-15(5-7-16)12-28-8-10-34-11-9-28/h1-7,20-21,24,32H,8-14,26H2,(H,27,31). The van der Waals surface area contributed by atoms with Crippen LogP contribution in [0, 0.1) is 0 Å². The molecule has 5 rings (SSSR count). The van der Waals surface area contributed by atoms with Crippen molar-refractivity contribution in [2.75, 3.05) is 26.3 Å². The van der Waals surface area contributed by atoms with Crippen LogP contribution in [0.4, 0.5) is 0 Å². The van der Waals surface area contributed by atoms with Crippen LogP contribution in [0.25, 0.3) is 0 Å². The number of ether oxygens (including phenoxy) is 2. The number of nitrogens with zero attached hydrogens (tertiary/aromatic N) is 2. The van der Waals surface area contributed by atoms with E-state index in [0.717, 1.165) is 38.4 Å². The summed E-state index contributed by atoms with van der Waals surface area (Å²) in [5, 5.41) is 11.8. The molecule has 35 heavy (non-hydrogen) atoms. The van der Waals surface area contributed by atoms with Gasteiger partial charge >= 0.3 is 0 Å². The van der Waals surface area contributed by atoms with Crippen molar-refractivity contribution in [3.8, 4) is 5.75 Å². The van der Waals surface area contributed by atoms with Crippen LogP contribution in [0.5, 0.6) is 5.75 Å². The highest BCUT2D eigenvalue weighted by atomic mass is 16.5. The minimum absolute atomic E-state index is 0.0813. The van der Waals surface area contributed by atoms with E-state index in [9.17, 15) is 19.5 Å². The Morgan fingerprint density at radius 3 is 2.51 bits per heavy atom. The number of morpholine rings is 1. The first-order chi connectivity index (χ1) is 16.9. The van der Waals surface area contributed by atoms with Gasteiger partial charge in [-0.05, 0) is 23.3 Å². The average molecular weight is 481 g/mol. The van der Waals surface area contributed by atoms with Crippen molar-refractivity contribution >= 4 is 17.6 Å². The number of ketones is 1. The number of aliphatic hydroxyl groups excluding tert-OH is 1. The predicted molar refractivity (Wildman–Crippen MR) is 124 cm³/mol. The van der Waals surface area contributed by atoms with E-state index in [-0.39, 0.29) is 6.54 Å². The van der Waals surface area contributed by atoms with Gasteiger partial charge in [-0.3, -0.25) is 19.3 Å². The molecule has 3 heterocycles. The second kappa shape index (κ2) is 9.74. The summed E-state index contributed by atoms with van der Waals surface area (Å²) in [4.78, 5) is 41.3. The Hall–Kier alpha value is -3.31. The van der Waals surface area contributed by atoms with Crippen LogP contribution in [-0.4, -0.2) is 77.1 Å². The van der Waals surface area contributed by atoms with E-state index < -0.39 is 35.9 Å². The molecule has 2 aromatic rings. The Balaban J connectivity index is 1.26. The number of rotatable bonds is 6. The van der Waals surface area contributed by atoms with Crippen molar-refractivity contribution in [2.45, 2.75) is 38.0 Å². The highest BCUT2D eigenvalue weighted by Gasteiger charge is 2.47. The topological polar surface area (TPSA) is 134 Å². The average Bonchev–Trinajstić information content (AvgIpc) is 3.19. The first kappa shape index (κ1) is 23.4. The minimum Gasteiger partial charge on any atom is -0.489 e. The summed E-state index contributed by atoms with van der Waals surface area (Å²) >= 11 is 0. The van der Waals surface area contributed by atoms with Gasteiger partial charge in [0.05, 0.1) is 25.8 Å². The number of amides is 2. The van der Waals surface area contributed by atoms with E-state index in [4.69, 9.17) is 15.2 Å². The number of benzene rings is 2. The quantitative estimate of drug-likeness (QED) is 0.516. The van der Waals surface area contributed by atoms with E-state index in [1.807, 2.05) is 12.1 Å². The van der Waals surface area contributed by atoms with Crippen molar-refractivity contribution < 1.29 is 29.0 Å². The summed E-state index contributed by atoms with van der Waals surface area (Å²) < 4.78 is 11.5. The fraction of sp³-hybridized carbons (Fsp3) is 0.400. The van der Waals surface area contributed by atoms with Gasteiger partial charge in [-0.2, -0.15) is 0 Å². The molecule has 0 aromatic heterocycles. The van der Waals surface area contributed by atoms with Gasteiger partial charge in [0.15, 0.2) is 6.23 Å². The van der Waals surface area contributed by atoms with E-state index in [1.54, 1.807) is 18.2 Å². The van der Waals surface area contributed by atoms with Gasteiger partial charge in [0.25, 0.3) is 5.91 Å². The minimum atomic E-state index is -1.66. The molecule has 2 saturated heterocycles. The highest BCUT2D eigenvalue weighted by Crippen LogP contribution is 2.33. The summed E-state index contributed by atoms with van der Waals surface area (Å²) in [6.45, 7) is 4.68. The normalized spacial score (nSPS) is 24.9. The lowest BCUT2D eigenvalue weighted by molar-refractivity contribution is -0.146. The van der Waals surface area contributed by atoms with Crippen molar-refractivity contribution in [3.05, 3.63) is 64.7 Å². The van der Waals surface area contributed by atoms with E-state index >= 15 is 0 Å². The molecule has 0 spiro atoms. The highest BCUT2D eigenvalue weighted by molar-refractivity contribution is 6.06. The summed E-state index contributed by atoms with van der Waals surface area (Å²) in [7, 11) is 0. The van der Waals surface area contributed by atoms with Gasteiger partial charge in [0.2, 0.25) is 11.7 Å². The number of hydrogen-bond acceptors (Lipinski definition) is 8. The number of Topliss-reactive ketones (excluding diaryl/α,β-unsaturated/α-hetero) is 1. The maximum Gasteiger partial charge on any atom is 0.255 e. The molecule has 0 bridgehead atoms. The number of nitrogens with one attached hydrogen (secondary N) is 1. The Morgan fingerprint density at radius 2 is 1.77 bits per heavy atom. The zero-order valence-electron chi connectivity index (χ0n) is 19.2. The molecule has 10 heteroatoms. The smallest absolute Gasteiger partial charge is 0.255 e. The molecule has 3 atom stereocenters. The lowest BCUT2D eigenvalue weighted by atomic mass is 9.97. The van der Waals surface area contributed by atoms with E-state index in [2.05, 4.69) is 22.3 Å². The van der Waals surface area contributed by atoms with E-state index in [0.29, 0.717) is 23.5 Å². The number of carbonyl (C=O) groups is 3. The zero-order chi connectivity index (χ0) is 24.5. The Labute approximate surface area is 202 Å². The summed E-state index contributed by atoms with van der Waals surface area (Å²) in [5.74, 6) is -1.26. The molecule has 2 fully saturated rings. The molecule has 0 saturated carbocycles. The van der Waals surface area contributed by atoms with Gasteiger partial charge in [0, 0.05) is 30.8 Å². The van der Waals surface area contributed by atoms with Crippen molar-refractivity contribution in [3.63, 3.8) is 0 Å². The Bertz CT molecular complexity index is 1130. The van der Waals surface area contributed by atoms with Gasteiger partial charge in [-0.1, -0.05) is 30.3 Å². The zero-order valence-corrected chi connectivity index (χ0v) is 19.2. The predicted octanol–water partition coefficient (Wildman–Crippen LogP) is -0.233. The molecule has 3 unspecified atom stereocenters. The van der Waals surface area contributed by atoms with Crippen molar-refractivity contribution in [1.82, 2.24) is 15.1 Å². The van der Waals surface area contributed by atoms with Crippen molar-refractivity contribution in [1.29, 1.82) is 0 Å². The second-order valence-corrected chi connectivity index (χ2v) is 8.99. The third kappa shape index (κ3) is 4.65. The summed E-state index contributed by atoms with van der Waals surface area (Å²) in [5.41, 5.74) is 9.17. The molecule has 4 N–H and O–H groups in total. The molecule has 2 amide bonds. The summed E-state index contributed by atoms with van der Waals surface area (Å²) in [6, 6.07) is 10.9. The maximum atomic E-state index is 13.1. The molecule has 2 aromatic carbocycles. The van der Waals surface area contributed by atoms with Crippen molar-refractivity contribution in [2.24, 2.45) is 5.73 Å². The molecule has 184 valence electrons. The maximum absolute atomic E-state index is 13.1. The molecule has 3 aliphatic heterocycles. The number of carbonyl (C=O) groups excluding carboxylic acids is 3. The fourth-order valence-corrected chi connectivity index (χ4v) is 4.73. The van der Waals surface area contributed by atoms with Gasteiger partial charge in [0.1, 0.15) is 18.4 Å². The number of piperidine rings is 1. The molecule has 10 nitrogen and oxygen atoms in total. The third-order valence-electron chi connectivity index (χ3n) is 6.70. The third-order valence-corrected chi connectivity index (χ3v) is 6.70. The van der Waals surface area contributed by atoms with Gasteiger partial charge in [-0.25, -0.2) is 0 Å². The van der Waals surface area contributed by atoms with Crippen LogP contribution in [0.3, 0.4) is 0 Å². The van der Waals surface area contributed by atoms with E-state index in [1.165, 1.54) is 10.5 Å². The van der Waals surface area contributed by atoms with Gasteiger partial charge < -0.3 is 30.5 Å². The fourth-order valence-electron chi connectivity index (χ4n) is 4.73. The molecular weight excluding hydrogens is 452 g/mol. The second-order valence-electron chi connectivity index (χ2n) is 8.99. The van der Waals surface area contributed by atoms with Crippen LogP contribution in [0.15, 0.2) is 42.5 Å². The van der Waals surface area contributed by atoms with Crippen LogP contribution in [0.2, 0.25) is 0 Å². The first-order valence-corrected chi connectivity index (χ1v) is 11.6. The SMILES string of the molecule is NC1C(=O)C(O)NC(=O)C1N1Cc2c(OCc3ccc(CN4CCOCC4)cc3)cccc2C1=O. The van der Waals surface area contributed by atoms with Crippen LogP contribution < -0.4 is 15.8 Å². The number of aliphatic hydroxyl groups is 1. The Morgan fingerprint density at radius 1 is 1.06 bits per heavy atom. The summed E-state index contributed by atoms with van der Waals surface area (Å²) in [6.07, 6.45) is -1.66. The van der Waals surface area contributed by atoms with Crippen LogP contribution in [0.1, 0.15) is 27.0 Å². The van der Waals surface area contributed by atoms with Gasteiger partial charge in [-0.15, -0.1) is 0 Å². The molecule has 3 aliphatic rings. The number of fused-ring (bicyclic) bond motifs is 1. The monoisotopic (exact) mass is 480 g/mol. The lowest BCUT2D eigenvalue weighted by Crippen LogP contribution is -2.68. The first-order valence-electron chi connectivity index (χ1n) is 11.6. The van der Waals surface area contributed by atoms with Crippen LogP contribution >= 0.6 is 0 Å². The molecule has 0 radical (unpaired) electrons. The Kier molecular flexibility index (Phi) is 6.52. The van der Waals surface area contributed by atoms with Crippen LogP contribution in [-0.2, 0) is 34.0 Å². The largest absolute Gasteiger partial charge is 0.489 e.